The van der Waals surface area contributed by atoms with Gasteiger partial charge in [-0.1, -0.05) is 236 Å². The van der Waals surface area contributed by atoms with Gasteiger partial charge >= 0.3 is 13.8 Å². The number of quaternary nitrogens is 1. The van der Waals surface area contributed by atoms with Gasteiger partial charge in [-0.15, -0.1) is 0 Å². The summed E-state index contributed by atoms with van der Waals surface area (Å²) in [5.74, 6) is -0.322. The maximum absolute atomic E-state index is 12.8. The smallest absolute Gasteiger partial charge is 0.457 e. The van der Waals surface area contributed by atoms with Crippen molar-refractivity contribution in [2.24, 2.45) is 0 Å². The largest absolute Gasteiger partial charge is 0.472 e. The fraction of sp³-hybridized carbons (Fsp3) is 0.850. The maximum Gasteiger partial charge on any atom is 0.472 e. The molecule has 69 heavy (non-hydrogen) atoms. The highest BCUT2D eigenvalue weighted by atomic mass is 31.2. The molecule has 2 atom stereocenters. The summed E-state index contributed by atoms with van der Waals surface area (Å²) in [5, 5.41) is 0. The van der Waals surface area contributed by atoms with E-state index in [-0.39, 0.29) is 25.8 Å². The van der Waals surface area contributed by atoms with Gasteiger partial charge in [0, 0.05) is 13.0 Å². The first-order valence-corrected chi connectivity index (χ1v) is 30.9. The molecule has 0 saturated carbocycles. The molecule has 0 radical (unpaired) electrons. The van der Waals surface area contributed by atoms with Gasteiger partial charge < -0.3 is 18.9 Å². The number of allylic oxidation sites excluding steroid dienone is 8. The third-order valence-electron chi connectivity index (χ3n) is 12.9. The minimum atomic E-state index is -4.29. The number of phosphoric ester groups is 1. The van der Waals surface area contributed by atoms with Crippen LogP contribution in [0.2, 0.25) is 0 Å². The number of esters is 1. The Morgan fingerprint density at radius 3 is 1.20 bits per heavy atom. The van der Waals surface area contributed by atoms with Crippen LogP contribution in [0.25, 0.3) is 0 Å². The zero-order valence-corrected chi connectivity index (χ0v) is 47.2. The van der Waals surface area contributed by atoms with Crippen LogP contribution in [-0.4, -0.2) is 75.6 Å². The van der Waals surface area contributed by atoms with Gasteiger partial charge in [0.15, 0.2) is 0 Å². The van der Waals surface area contributed by atoms with Crippen molar-refractivity contribution < 1.29 is 37.3 Å². The molecule has 0 heterocycles. The van der Waals surface area contributed by atoms with Crippen LogP contribution in [-0.2, 0) is 27.9 Å². The molecule has 0 aliphatic carbocycles. The third-order valence-corrected chi connectivity index (χ3v) is 13.8. The zero-order valence-electron chi connectivity index (χ0n) is 46.3. The van der Waals surface area contributed by atoms with E-state index in [1.165, 1.54) is 193 Å². The van der Waals surface area contributed by atoms with Gasteiger partial charge in [0.1, 0.15) is 19.3 Å². The number of likely N-dealkylation sites (N-methyl/N-ethyl adjacent to an activating group) is 1. The van der Waals surface area contributed by atoms with Gasteiger partial charge in [0.05, 0.1) is 34.4 Å². The van der Waals surface area contributed by atoms with Crippen LogP contribution in [0.1, 0.15) is 271 Å². The minimum Gasteiger partial charge on any atom is -0.457 e. The summed E-state index contributed by atoms with van der Waals surface area (Å²) >= 11 is 0. The second-order valence-corrected chi connectivity index (χ2v) is 22.5. The molecule has 0 spiro atoms. The highest BCUT2D eigenvalue weighted by Crippen LogP contribution is 2.43. The lowest BCUT2D eigenvalue weighted by atomic mass is 10.0. The van der Waals surface area contributed by atoms with Crippen molar-refractivity contribution in [3.05, 3.63) is 48.6 Å². The summed E-state index contributed by atoms with van der Waals surface area (Å²) < 4.78 is 35.3. The highest BCUT2D eigenvalue weighted by molar-refractivity contribution is 7.47. The first-order chi connectivity index (χ1) is 33.6. The number of hydrogen-bond donors (Lipinski definition) is 1. The molecule has 0 aromatic carbocycles. The van der Waals surface area contributed by atoms with Crippen LogP contribution in [0.3, 0.4) is 0 Å². The van der Waals surface area contributed by atoms with E-state index in [9.17, 15) is 14.3 Å². The third kappa shape index (κ3) is 57.2. The summed E-state index contributed by atoms with van der Waals surface area (Å²) in [6, 6.07) is 0. The van der Waals surface area contributed by atoms with E-state index in [0.29, 0.717) is 24.1 Å². The molecule has 9 heteroatoms. The monoisotopic (exact) mass is 993 g/mol. The van der Waals surface area contributed by atoms with Crippen LogP contribution in [0, 0.1) is 0 Å². The second kappa shape index (κ2) is 52.8. The van der Waals surface area contributed by atoms with E-state index >= 15 is 0 Å². The Labute approximate surface area is 428 Å². The van der Waals surface area contributed by atoms with Crippen molar-refractivity contribution in [3.63, 3.8) is 0 Å². The fourth-order valence-electron chi connectivity index (χ4n) is 8.32. The van der Waals surface area contributed by atoms with Crippen molar-refractivity contribution in [2.75, 3.05) is 54.1 Å². The summed E-state index contributed by atoms with van der Waals surface area (Å²) in [5.41, 5.74) is 0. The predicted octanol–water partition coefficient (Wildman–Crippen LogP) is 18.6. The van der Waals surface area contributed by atoms with Crippen molar-refractivity contribution in [1.82, 2.24) is 0 Å². The Balaban J connectivity index is 4.07. The lowest BCUT2D eigenvalue weighted by Crippen LogP contribution is -2.37. The zero-order chi connectivity index (χ0) is 50.5. The lowest BCUT2D eigenvalue weighted by molar-refractivity contribution is -0.870. The van der Waals surface area contributed by atoms with E-state index in [0.717, 1.165) is 57.8 Å². The predicted molar refractivity (Wildman–Crippen MR) is 298 cm³/mol. The summed E-state index contributed by atoms with van der Waals surface area (Å²) in [4.78, 5) is 23.1. The van der Waals surface area contributed by atoms with Gasteiger partial charge in [-0.3, -0.25) is 13.8 Å². The van der Waals surface area contributed by atoms with E-state index in [1.54, 1.807) is 0 Å². The Morgan fingerprint density at radius 2 is 0.797 bits per heavy atom. The summed E-state index contributed by atoms with van der Waals surface area (Å²) in [6.07, 6.45) is 67.5. The molecule has 0 saturated heterocycles. The molecule has 0 aliphatic heterocycles. The van der Waals surface area contributed by atoms with Crippen molar-refractivity contribution in [1.29, 1.82) is 0 Å². The molecule has 0 aliphatic rings. The van der Waals surface area contributed by atoms with E-state index < -0.39 is 13.9 Å². The molecule has 0 rings (SSSR count). The van der Waals surface area contributed by atoms with Gasteiger partial charge in [-0.2, -0.15) is 0 Å². The molecular formula is C60H115NO7P+. The van der Waals surface area contributed by atoms with Gasteiger partial charge in [-0.05, 0) is 77.0 Å². The first-order valence-electron chi connectivity index (χ1n) is 29.4. The number of rotatable bonds is 55. The number of nitrogens with zero attached hydrogens (tertiary/aromatic N) is 1. The lowest BCUT2D eigenvalue weighted by Gasteiger charge is -2.24. The van der Waals surface area contributed by atoms with Gasteiger partial charge in [0.2, 0.25) is 0 Å². The average Bonchev–Trinajstić information content (AvgIpc) is 3.31. The number of carbonyl (C=O) groups is 1. The highest BCUT2D eigenvalue weighted by Gasteiger charge is 2.26. The Morgan fingerprint density at radius 1 is 0.449 bits per heavy atom. The summed E-state index contributed by atoms with van der Waals surface area (Å²) in [7, 11) is 1.66. The summed E-state index contributed by atoms with van der Waals surface area (Å²) in [6.45, 7) is 5.63. The molecule has 1 N–H and O–H groups in total. The van der Waals surface area contributed by atoms with Crippen LogP contribution in [0.4, 0.5) is 0 Å². The SMILES string of the molecule is CCCCCCC/C=C\C/C=C\C/C=C\CCCCCCCCC(=O)OC(COCCCCCCCCCCCCCCCC/C=C\CCCCCCCCCC)COP(=O)(O)OCC[N+](C)(C)C. The normalized spacial score (nSPS) is 13.8. The maximum atomic E-state index is 12.8. The second-order valence-electron chi connectivity index (χ2n) is 21.0. The number of hydrogen-bond acceptors (Lipinski definition) is 6. The van der Waals surface area contributed by atoms with Gasteiger partial charge in [0.25, 0.3) is 0 Å². The van der Waals surface area contributed by atoms with E-state index in [4.69, 9.17) is 18.5 Å². The van der Waals surface area contributed by atoms with Crippen molar-refractivity contribution in [2.45, 2.75) is 277 Å². The van der Waals surface area contributed by atoms with E-state index in [2.05, 4.69) is 62.5 Å². The van der Waals surface area contributed by atoms with Gasteiger partial charge in [-0.25, -0.2) is 4.57 Å². The first kappa shape index (κ1) is 67.5. The molecule has 0 bridgehead atoms. The number of ether oxygens (including phenoxy) is 2. The van der Waals surface area contributed by atoms with Crippen LogP contribution in [0.15, 0.2) is 48.6 Å². The topological polar surface area (TPSA) is 91.3 Å². The van der Waals surface area contributed by atoms with Crippen molar-refractivity contribution >= 4 is 13.8 Å². The molecule has 2 unspecified atom stereocenters. The standard InChI is InChI=1S/C60H114NO7P/c1-6-8-10-12-14-16-18-20-22-24-26-28-29-30-31-32-34-36-38-40-42-44-46-48-50-52-55-65-57-59(58-67-69(63,64)66-56-54-61(3,4)5)68-60(62)53-51-49-47-45-43-41-39-37-35-33-27-25-23-21-19-17-15-13-11-9-7-2/h19,21,24-27,35,37,59H,6-18,20,22-23,28-34,36,38-58H2,1-5H3/p+1/b21-19-,26-24-,27-25-,37-35-. The average molecular weight is 994 g/mol. The fourth-order valence-corrected chi connectivity index (χ4v) is 9.06. The Hall–Kier alpha value is -1.54. The molecule has 0 fully saturated rings. The van der Waals surface area contributed by atoms with E-state index in [1.807, 2.05) is 21.1 Å². The number of unbranched alkanes of at least 4 members (excludes halogenated alkanes) is 33. The van der Waals surface area contributed by atoms with Crippen LogP contribution < -0.4 is 0 Å². The quantitative estimate of drug-likeness (QED) is 0.0213. The number of carbonyl (C=O) groups excluding carboxylic acids is 1. The Bertz CT molecular complexity index is 1240. The molecule has 0 aromatic rings. The molecule has 0 aromatic heterocycles. The van der Waals surface area contributed by atoms with Crippen LogP contribution >= 0.6 is 7.82 Å². The van der Waals surface area contributed by atoms with Crippen LogP contribution in [0.5, 0.6) is 0 Å². The molecule has 406 valence electrons. The molecule has 0 amide bonds. The van der Waals surface area contributed by atoms with Crippen molar-refractivity contribution in [3.8, 4) is 0 Å². The Kier molecular flexibility index (Phi) is 51.6. The minimum absolute atomic E-state index is 0.0856. The molecular weight excluding hydrogens is 878 g/mol. The molecule has 8 nitrogen and oxygen atoms in total. The number of phosphoric acid groups is 1.